The fourth-order valence-electron chi connectivity index (χ4n) is 2.58. The molecule has 0 aliphatic heterocycles. The van der Waals surface area contributed by atoms with E-state index >= 15 is 0 Å². The molecule has 1 aromatic heterocycles. The topological polar surface area (TPSA) is 64.2 Å². The van der Waals surface area contributed by atoms with Crippen LogP contribution in [0.15, 0.2) is 51.7 Å². The second-order valence-corrected chi connectivity index (χ2v) is 5.55. The summed E-state index contributed by atoms with van der Waals surface area (Å²) in [6, 6.07) is 13.1. The van der Waals surface area contributed by atoms with Gasteiger partial charge in [-0.2, -0.15) is 0 Å². The molecule has 0 fully saturated rings. The van der Waals surface area contributed by atoms with Gasteiger partial charge in [-0.3, -0.25) is 9.36 Å². The quantitative estimate of drug-likeness (QED) is 0.805. The van der Waals surface area contributed by atoms with Gasteiger partial charge in [0.1, 0.15) is 0 Å². The van der Waals surface area contributed by atoms with E-state index < -0.39 is 0 Å². The van der Waals surface area contributed by atoms with Crippen molar-refractivity contribution in [1.29, 1.82) is 0 Å². The lowest BCUT2D eigenvalue weighted by molar-refractivity contribution is 0.0953. The largest absolute Gasteiger partial charge is 0.419 e. The number of hydrogen-bond acceptors (Lipinski definition) is 3. The first kappa shape index (κ1) is 15.1. The molecule has 0 atom stereocenters. The molecule has 118 valence electrons. The molecule has 0 saturated heterocycles. The van der Waals surface area contributed by atoms with Gasteiger partial charge in [-0.15, -0.1) is 0 Å². The number of nitrogens with one attached hydrogen (secondary N) is 1. The van der Waals surface area contributed by atoms with Gasteiger partial charge in [0.25, 0.3) is 5.91 Å². The van der Waals surface area contributed by atoms with Crippen LogP contribution in [0, 0.1) is 6.92 Å². The lowest BCUT2D eigenvalue weighted by Gasteiger charge is -2.07. The summed E-state index contributed by atoms with van der Waals surface area (Å²) in [5.74, 6) is -0.444. The minimum absolute atomic E-state index is 0.0737. The molecule has 1 heterocycles. The van der Waals surface area contributed by atoms with Gasteiger partial charge in [-0.05, 0) is 42.7 Å². The summed E-state index contributed by atoms with van der Waals surface area (Å²) >= 11 is 0. The molecule has 0 bridgehead atoms. The van der Waals surface area contributed by atoms with E-state index in [2.05, 4.69) is 5.32 Å². The summed E-state index contributed by atoms with van der Waals surface area (Å²) in [5.41, 5.74) is 3.99. The minimum atomic E-state index is -0.370. The summed E-state index contributed by atoms with van der Waals surface area (Å²) in [6.45, 7) is 2.44. The van der Waals surface area contributed by atoms with E-state index in [4.69, 9.17) is 4.42 Å². The van der Waals surface area contributed by atoms with Crippen molar-refractivity contribution in [2.45, 2.75) is 13.3 Å². The second-order valence-electron chi connectivity index (χ2n) is 5.55. The highest BCUT2D eigenvalue weighted by Gasteiger charge is 2.09. The molecule has 0 unspecified atom stereocenters. The average Bonchev–Trinajstić information content (AvgIpc) is 2.82. The molecule has 23 heavy (non-hydrogen) atoms. The Bertz CT molecular complexity index is 921. The van der Waals surface area contributed by atoms with Crippen molar-refractivity contribution in [3.8, 4) is 0 Å². The van der Waals surface area contributed by atoms with Crippen LogP contribution in [0.5, 0.6) is 0 Å². The van der Waals surface area contributed by atoms with Gasteiger partial charge in [0.05, 0.1) is 5.52 Å². The van der Waals surface area contributed by atoms with E-state index in [0.29, 0.717) is 24.1 Å². The number of rotatable bonds is 4. The maximum absolute atomic E-state index is 12.1. The molecule has 0 saturated carbocycles. The highest BCUT2D eigenvalue weighted by Crippen LogP contribution is 2.14. The van der Waals surface area contributed by atoms with Gasteiger partial charge in [-0.1, -0.05) is 24.3 Å². The van der Waals surface area contributed by atoms with Crippen molar-refractivity contribution in [1.82, 2.24) is 9.88 Å². The Kier molecular flexibility index (Phi) is 4.02. The van der Waals surface area contributed by atoms with Crippen molar-refractivity contribution in [3.63, 3.8) is 0 Å². The molecular formula is C18H18N2O3. The van der Waals surface area contributed by atoms with Crippen LogP contribution in [0.1, 0.15) is 21.5 Å². The number of aryl methyl sites for hydroxylation is 2. The molecule has 0 aliphatic carbocycles. The fourth-order valence-corrected chi connectivity index (χ4v) is 2.58. The van der Waals surface area contributed by atoms with E-state index in [1.165, 1.54) is 4.57 Å². The van der Waals surface area contributed by atoms with Gasteiger partial charge >= 0.3 is 5.76 Å². The molecule has 0 spiro atoms. The highest BCUT2D eigenvalue weighted by molar-refractivity contribution is 5.95. The zero-order valence-electron chi connectivity index (χ0n) is 13.1. The third-order valence-corrected chi connectivity index (χ3v) is 3.95. The van der Waals surface area contributed by atoms with E-state index in [9.17, 15) is 9.59 Å². The first-order valence-electron chi connectivity index (χ1n) is 7.48. The molecule has 3 rings (SSSR count). The van der Waals surface area contributed by atoms with Crippen LogP contribution < -0.4 is 11.1 Å². The van der Waals surface area contributed by atoms with Gasteiger partial charge in [0.15, 0.2) is 5.58 Å². The third-order valence-electron chi connectivity index (χ3n) is 3.95. The maximum atomic E-state index is 12.1. The van der Waals surface area contributed by atoms with Gasteiger partial charge in [-0.25, -0.2) is 4.79 Å². The molecule has 1 amide bonds. The van der Waals surface area contributed by atoms with Crippen LogP contribution in [0.25, 0.3) is 11.1 Å². The SMILES string of the molecule is Cc1ccccc1C(=O)NCCc1ccc2c(c1)oc(=O)n2C. The summed E-state index contributed by atoms with van der Waals surface area (Å²) in [7, 11) is 1.68. The molecule has 2 aromatic carbocycles. The number of fused-ring (bicyclic) bond motifs is 1. The van der Waals surface area contributed by atoms with Crippen LogP contribution in [0.4, 0.5) is 0 Å². The molecule has 1 N–H and O–H groups in total. The van der Waals surface area contributed by atoms with Crippen LogP contribution in [0.2, 0.25) is 0 Å². The maximum Gasteiger partial charge on any atom is 0.419 e. The number of aromatic nitrogens is 1. The first-order valence-corrected chi connectivity index (χ1v) is 7.48. The normalized spacial score (nSPS) is 10.9. The summed E-state index contributed by atoms with van der Waals surface area (Å²) < 4.78 is 6.64. The predicted octanol–water partition coefficient (Wildman–Crippen LogP) is 2.41. The zero-order valence-corrected chi connectivity index (χ0v) is 13.1. The monoisotopic (exact) mass is 310 g/mol. The number of benzene rings is 2. The molecular weight excluding hydrogens is 292 g/mol. The number of hydrogen-bond donors (Lipinski definition) is 1. The number of carbonyl (C=O) groups is 1. The number of carbonyl (C=O) groups excluding carboxylic acids is 1. The summed E-state index contributed by atoms with van der Waals surface area (Å²) in [6.07, 6.45) is 0.673. The molecule has 0 radical (unpaired) electrons. The molecule has 5 heteroatoms. The Balaban J connectivity index is 1.66. The lowest BCUT2D eigenvalue weighted by atomic mass is 10.1. The van der Waals surface area contributed by atoms with Crippen molar-refractivity contribution in [3.05, 3.63) is 69.7 Å². The van der Waals surface area contributed by atoms with Crippen molar-refractivity contribution >= 4 is 17.0 Å². The predicted molar refractivity (Wildman–Crippen MR) is 88.7 cm³/mol. The standard InChI is InChI=1S/C18H18N2O3/c1-12-5-3-4-6-14(12)17(21)19-10-9-13-7-8-15-16(11-13)23-18(22)20(15)2/h3-8,11H,9-10H2,1-2H3,(H,19,21). The Hall–Kier alpha value is -2.82. The van der Waals surface area contributed by atoms with E-state index in [1.54, 1.807) is 7.05 Å². The highest BCUT2D eigenvalue weighted by atomic mass is 16.4. The van der Waals surface area contributed by atoms with Crippen molar-refractivity contribution in [2.75, 3.05) is 6.54 Å². The van der Waals surface area contributed by atoms with Crippen LogP contribution in [0.3, 0.4) is 0 Å². The molecule has 3 aromatic rings. The zero-order chi connectivity index (χ0) is 16.4. The number of nitrogens with zero attached hydrogens (tertiary/aromatic N) is 1. The van der Waals surface area contributed by atoms with Crippen LogP contribution >= 0.6 is 0 Å². The van der Waals surface area contributed by atoms with Crippen LogP contribution in [-0.4, -0.2) is 17.0 Å². The second kappa shape index (κ2) is 6.12. The molecule has 0 aliphatic rings. The number of amides is 1. The lowest BCUT2D eigenvalue weighted by Crippen LogP contribution is -2.26. The Labute approximate surface area is 133 Å². The fraction of sp³-hybridized carbons (Fsp3) is 0.222. The average molecular weight is 310 g/mol. The van der Waals surface area contributed by atoms with E-state index in [0.717, 1.165) is 16.6 Å². The van der Waals surface area contributed by atoms with Gasteiger partial charge in [0, 0.05) is 19.2 Å². The summed E-state index contributed by atoms with van der Waals surface area (Å²) in [4.78, 5) is 23.6. The smallest absolute Gasteiger partial charge is 0.408 e. The van der Waals surface area contributed by atoms with Crippen LogP contribution in [-0.2, 0) is 13.5 Å². The minimum Gasteiger partial charge on any atom is -0.408 e. The Morgan fingerprint density at radius 1 is 1.22 bits per heavy atom. The van der Waals surface area contributed by atoms with Gasteiger partial charge < -0.3 is 9.73 Å². The van der Waals surface area contributed by atoms with Gasteiger partial charge in [0.2, 0.25) is 0 Å². The molecule has 5 nitrogen and oxygen atoms in total. The first-order chi connectivity index (χ1) is 11.1. The summed E-state index contributed by atoms with van der Waals surface area (Å²) in [5, 5.41) is 2.92. The van der Waals surface area contributed by atoms with E-state index in [-0.39, 0.29) is 11.7 Å². The van der Waals surface area contributed by atoms with E-state index in [1.807, 2.05) is 49.4 Å². The van der Waals surface area contributed by atoms with Crippen molar-refractivity contribution in [2.24, 2.45) is 7.05 Å². The number of oxazole rings is 1. The Morgan fingerprint density at radius 2 is 2.00 bits per heavy atom. The Morgan fingerprint density at radius 3 is 2.78 bits per heavy atom. The third kappa shape index (κ3) is 3.04. The van der Waals surface area contributed by atoms with Crippen molar-refractivity contribution < 1.29 is 9.21 Å².